The first-order valence-electron chi connectivity index (χ1n) is 11.5. The molecule has 0 saturated carbocycles. The number of rotatable bonds is 7. The first-order chi connectivity index (χ1) is 15.6. The Labute approximate surface area is 202 Å². The summed E-state index contributed by atoms with van der Waals surface area (Å²) in [7, 11) is -2.32. The highest BCUT2D eigenvalue weighted by Gasteiger charge is 2.31. The van der Waals surface area contributed by atoms with Gasteiger partial charge in [-0.05, 0) is 76.6 Å². The standard InChI is InChI=1S/C24H37N3O6S/c1-16-8-10-27(11-9-16)34(31,32)20-13-19(12-17(2)18(20)3)23(30)33-15-22(29)26(7)14-21(28)25-24(4,5)6/h12-13,16H,8-11,14-15H2,1-7H3,(H,25,28). The third-order valence-corrected chi connectivity index (χ3v) is 7.89. The van der Waals surface area contributed by atoms with Gasteiger partial charge in [0.15, 0.2) is 6.61 Å². The molecule has 34 heavy (non-hydrogen) atoms. The fourth-order valence-corrected chi connectivity index (χ4v) is 5.45. The Bertz CT molecular complexity index is 1040. The second-order valence-electron chi connectivity index (χ2n) is 10.1. The molecule has 1 heterocycles. The molecule has 1 N–H and O–H groups in total. The Morgan fingerprint density at radius 2 is 1.74 bits per heavy atom. The van der Waals surface area contributed by atoms with Crippen LogP contribution >= 0.6 is 0 Å². The average Bonchev–Trinajstić information content (AvgIpc) is 2.72. The molecule has 0 atom stereocenters. The number of benzene rings is 1. The highest BCUT2D eigenvalue weighted by Crippen LogP contribution is 2.28. The molecular formula is C24H37N3O6S. The van der Waals surface area contributed by atoms with E-state index in [0.29, 0.717) is 30.1 Å². The van der Waals surface area contributed by atoms with Gasteiger partial charge in [-0.2, -0.15) is 4.31 Å². The smallest absolute Gasteiger partial charge is 0.338 e. The summed E-state index contributed by atoms with van der Waals surface area (Å²) in [6.45, 7) is 11.2. The molecule has 1 aliphatic heterocycles. The number of esters is 1. The van der Waals surface area contributed by atoms with Crippen LogP contribution in [0.15, 0.2) is 17.0 Å². The minimum Gasteiger partial charge on any atom is -0.452 e. The maximum Gasteiger partial charge on any atom is 0.338 e. The molecule has 1 aromatic rings. The van der Waals surface area contributed by atoms with Crippen molar-refractivity contribution in [2.24, 2.45) is 5.92 Å². The van der Waals surface area contributed by atoms with Crippen LogP contribution in [0, 0.1) is 19.8 Å². The molecule has 0 aliphatic carbocycles. The molecule has 0 radical (unpaired) electrons. The van der Waals surface area contributed by atoms with E-state index < -0.39 is 34.0 Å². The summed E-state index contributed by atoms with van der Waals surface area (Å²) in [5.74, 6) is -1.19. The third kappa shape index (κ3) is 7.27. The first-order valence-corrected chi connectivity index (χ1v) is 12.9. The Morgan fingerprint density at radius 1 is 1.15 bits per heavy atom. The fourth-order valence-electron chi connectivity index (χ4n) is 3.66. The summed E-state index contributed by atoms with van der Waals surface area (Å²) in [4.78, 5) is 38.2. The number of nitrogens with zero attached hydrogens (tertiary/aromatic N) is 2. The zero-order chi connectivity index (χ0) is 25.8. The van der Waals surface area contributed by atoms with Crippen LogP contribution in [0.4, 0.5) is 0 Å². The van der Waals surface area contributed by atoms with Crippen molar-refractivity contribution in [1.82, 2.24) is 14.5 Å². The van der Waals surface area contributed by atoms with E-state index in [2.05, 4.69) is 12.2 Å². The van der Waals surface area contributed by atoms with Gasteiger partial charge in [0.25, 0.3) is 5.91 Å². The molecule has 0 spiro atoms. The monoisotopic (exact) mass is 495 g/mol. The second kappa shape index (κ2) is 10.9. The summed E-state index contributed by atoms with van der Waals surface area (Å²) < 4.78 is 33.2. The van der Waals surface area contributed by atoms with Crippen LogP contribution < -0.4 is 5.32 Å². The Balaban J connectivity index is 2.10. The number of carbonyl (C=O) groups excluding carboxylic acids is 3. The number of carbonyl (C=O) groups is 3. The zero-order valence-electron chi connectivity index (χ0n) is 21.2. The molecular weight excluding hydrogens is 458 g/mol. The molecule has 10 heteroatoms. The molecule has 2 amide bonds. The fraction of sp³-hybridized carbons (Fsp3) is 0.625. The van der Waals surface area contributed by atoms with E-state index in [1.165, 1.54) is 22.3 Å². The normalized spacial score (nSPS) is 15.6. The highest BCUT2D eigenvalue weighted by atomic mass is 32.2. The van der Waals surface area contributed by atoms with E-state index in [4.69, 9.17) is 4.74 Å². The van der Waals surface area contributed by atoms with Crippen LogP contribution in [0.2, 0.25) is 0 Å². The number of nitrogens with one attached hydrogen (secondary N) is 1. The van der Waals surface area contributed by atoms with E-state index in [0.717, 1.165) is 12.8 Å². The molecule has 1 aromatic carbocycles. The predicted octanol–water partition coefficient (Wildman–Crippen LogP) is 2.25. The minimum absolute atomic E-state index is 0.0629. The van der Waals surface area contributed by atoms with Crippen molar-refractivity contribution in [1.29, 1.82) is 0 Å². The number of likely N-dealkylation sites (N-methyl/N-ethyl adjacent to an activating group) is 1. The van der Waals surface area contributed by atoms with Crippen LogP contribution in [0.5, 0.6) is 0 Å². The lowest BCUT2D eigenvalue weighted by Crippen LogP contribution is -2.46. The topological polar surface area (TPSA) is 113 Å². The Kier molecular flexibility index (Phi) is 8.87. The van der Waals surface area contributed by atoms with Gasteiger partial charge in [0.2, 0.25) is 15.9 Å². The lowest BCUT2D eigenvalue weighted by molar-refractivity contribution is -0.137. The molecule has 1 aliphatic rings. The van der Waals surface area contributed by atoms with E-state index in [9.17, 15) is 22.8 Å². The Hall–Kier alpha value is -2.46. The summed E-state index contributed by atoms with van der Waals surface area (Å²) in [6.07, 6.45) is 1.59. The number of piperidine rings is 1. The highest BCUT2D eigenvalue weighted by molar-refractivity contribution is 7.89. The summed E-state index contributed by atoms with van der Waals surface area (Å²) in [5, 5.41) is 2.76. The lowest BCUT2D eigenvalue weighted by atomic mass is 10.0. The SMILES string of the molecule is Cc1cc(C(=O)OCC(=O)N(C)CC(=O)NC(C)(C)C)cc(S(=O)(=O)N2CCC(C)CC2)c1C. The van der Waals surface area contributed by atoms with Crippen molar-refractivity contribution in [3.8, 4) is 0 Å². The van der Waals surface area contributed by atoms with E-state index in [1.807, 2.05) is 20.8 Å². The van der Waals surface area contributed by atoms with Gasteiger partial charge >= 0.3 is 5.97 Å². The second-order valence-corrected chi connectivity index (χ2v) is 12.0. The number of ether oxygens (including phenoxy) is 1. The number of hydrogen-bond acceptors (Lipinski definition) is 6. The van der Waals surface area contributed by atoms with Crippen molar-refractivity contribution in [3.05, 3.63) is 28.8 Å². The van der Waals surface area contributed by atoms with Crippen molar-refractivity contribution in [3.63, 3.8) is 0 Å². The van der Waals surface area contributed by atoms with Gasteiger partial charge in [0.1, 0.15) is 0 Å². The van der Waals surface area contributed by atoms with Gasteiger partial charge in [0, 0.05) is 25.7 Å². The van der Waals surface area contributed by atoms with Crippen LogP contribution in [-0.2, 0) is 24.3 Å². The van der Waals surface area contributed by atoms with Crippen LogP contribution in [0.25, 0.3) is 0 Å². The molecule has 0 unspecified atom stereocenters. The van der Waals surface area contributed by atoms with Crippen LogP contribution in [0.3, 0.4) is 0 Å². The van der Waals surface area contributed by atoms with Gasteiger partial charge < -0.3 is 15.0 Å². The van der Waals surface area contributed by atoms with Crippen molar-refractivity contribution in [2.75, 3.05) is 33.3 Å². The quantitative estimate of drug-likeness (QED) is 0.581. The largest absolute Gasteiger partial charge is 0.452 e. The summed E-state index contributed by atoms with van der Waals surface area (Å²) >= 11 is 0. The summed E-state index contributed by atoms with van der Waals surface area (Å²) in [5.41, 5.74) is 0.853. The molecule has 1 saturated heterocycles. The number of hydrogen-bond donors (Lipinski definition) is 1. The molecule has 0 aromatic heterocycles. The van der Waals surface area contributed by atoms with Crippen molar-refractivity contribution in [2.45, 2.75) is 64.8 Å². The lowest BCUT2D eigenvalue weighted by Gasteiger charge is -2.30. The van der Waals surface area contributed by atoms with E-state index >= 15 is 0 Å². The number of aryl methyl sites for hydroxylation is 1. The van der Waals surface area contributed by atoms with Gasteiger partial charge in [-0.15, -0.1) is 0 Å². The molecule has 2 rings (SSSR count). The van der Waals surface area contributed by atoms with Gasteiger partial charge in [-0.1, -0.05) is 6.92 Å². The van der Waals surface area contributed by atoms with Crippen LogP contribution in [-0.4, -0.2) is 74.2 Å². The number of amides is 2. The van der Waals surface area contributed by atoms with Crippen molar-refractivity contribution < 1.29 is 27.5 Å². The van der Waals surface area contributed by atoms with Crippen LogP contribution in [0.1, 0.15) is 62.0 Å². The third-order valence-electron chi connectivity index (χ3n) is 5.86. The zero-order valence-corrected chi connectivity index (χ0v) is 22.0. The number of sulfonamides is 1. The van der Waals surface area contributed by atoms with E-state index in [1.54, 1.807) is 19.9 Å². The average molecular weight is 496 g/mol. The maximum absolute atomic E-state index is 13.3. The minimum atomic E-state index is -3.76. The molecule has 9 nitrogen and oxygen atoms in total. The molecule has 1 fully saturated rings. The van der Waals surface area contributed by atoms with Crippen molar-refractivity contribution >= 4 is 27.8 Å². The molecule has 0 bridgehead atoms. The predicted molar refractivity (Wildman–Crippen MR) is 129 cm³/mol. The summed E-state index contributed by atoms with van der Waals surface area (Å²) in [6, 6.07) is 2.88. The van der Waals surface area contributed by atoms with Gasteiger partial charge in [-0.3, -0.25) is 9.59 Å². The van der Waals surface area contributed by atoms with E-state index in [-0.39, 0.29) is 22.9 Å². The Morgan fingerprint density at radius 3 is 2.29 bits per heavy atom. The molecule has 190 valence electrons. The first kappa shape index (κ1) is 27.8. The maximum atomic E-state index is 13.3. The van der Waals surface area contributed by atoms with Gasteiger partial charge in [-0.25, -0.2) is 13.2 Å². The van der Waals surface area contributed by atoms with Gasteiger partial charge in [0.05, 0.1) is 17.0 Å².